The average Bonchev–Trinajstić information content (AvgIpc) is 3.37. The van der Waals surface area contributed by atoms with Crippen molar-refractivity contribution in [3.63, 3.8) is 0 Å². The van der Waals surface area contributed by atoms with Crippen molar-refractivity contribution in [2.24, 2.45) is 0 Å². The molecule has 9 nitrogen and oxygen atoms in total. The first kappa shape index (κ1) is 18.4. The second kappa shape index (κ2) is 7.30. The summed E-state index contributed by atoms with van der Waals surface area (Å²) < 4.78 is 5.35. The van der Waals surface area contributed by atoms with Crippen LogP contribution in [0.2, 0.25) is 0 Å². The summed E-state index contributed by atoms with van der Waals surface area (Å²) >= 11 is 1.42. The molecule has 5 aromatic heterocycles. The van der Waals surface area contributed by atoms with E-state index in [4.69, 9.17) is 0 Å². The summed E-state index contributed by atoms with van der Waals surface area (Å²) in [5.41, 5.74) is 3.43. The number of hydrogen-bond donors (Lipinski definition) is 1. The maximum Gasteiger partial charge on any atom is 0.250 e. The number of aryl methyl sites for hydroxylation is 1. The number of hydrogen-bond acceptors (Lipinski definition) is 7. The van der Waals surface area contributed by atoms with Gasteiger partial charge in [0.1, 0.15) is 10.8 Å². The Balaban J connectivity index is 1.52. The predicted molar refractivity (Wildman–Crippen MR) is 115 cm³/mol. The summed E-state index contributed by atoms with van der Waals surface area (Å²) in [5, 5.41) is 17.7. The van der Waals surface area contributed by atoms with Crippen LogP contribution in [0.3, 0.4) is 0 Å². The molecule has 0 bridgehead atoms. The van der Waals surface area contributed by atoms with Crippen molar-refractivity contribution in [2.75, 3.05) is 12.4 Å². The van der Waals surface area contributed by atoms with E-state index in [0.29, 0.717) is 11.7 Å². The van der Waals surface area contributed by atoms with Crippen LogP contribution >= 0.6 is 11.8 Å². The Morgan fingerprint density at radius 2 is 1.77 bits per heavy atom. The lowest BCUT2D eigenvalue weighted by atomic mass is 10.1. The molecule has 0 spiro atoms. The van der Waals surface area contributed by atoms with E-state index in [1.165, 1.54) is 11.8 Å². The van der Waals surface area contributed by atoms with Crippen molar-refractivity contribution in [1.82, 2.24) is 33.8 Å². The molecule has 0 aliphatic heterocycles. The van der Waals surface area contributed by atoms with Crippen molar-refractivity contribution in [3.8, 4) is 11.1 Å². The van der Waals surface area contributed by atoms with Gasteiger partial charge in [0, 0.05) is 37.6 Å². The number of nitrogens with one attached hydrogen (secondary N) is 1. The van der Waals surface area contributed by atoms with Crippen molar-refractivity contribution in [2.45, 2.75) is 23.7 Å². The van der Waals surface area contributed by atoms with Crippen LogP contribution in [-0.2, 0) is 6.54 Å². The number of imidazole rings is 1. The predicted octanol–water partition coefficient (Wildman–Crippen LogP) is 2.81. The van der Waals surface area contributed by atoms with E-state index in [-0.39, 0.29) is 5.56 Å². The Bertz CT molecular complexity index is 1430. The van der Waals surface area contributed by atoms with E-state index in [1.54, 1.807) is 15.1 Å². The Morgan fingerprint density at radius 1 is 0.967 bits per heavy atom. The van der Waals surface area contributed by atoms with Crippen LogP contribution in [0, 0.1) is 0 Å². The summed E-state index contributed by atoms with van der Waals surface area (Å²) in [4.78, 5) is 16.3. The summed E-state index contributed by atoms with van der Waals surface area (Å²) in [6.07, 6.45) is 5.68. The van der Waals surface area contributed by atoms with Crippen LogP contribution in [0.15, 0.2) is 70.0 Å². The van der Waals surface area contributed by atoms with Crippen LogP contribution in [0.4, 0.5) is 5.82 Å². The summed E-state index contributed by atoms with van der Waals surface area (Å²) in [7, 11) is 1.82. The molecule has 0 saturated carbocycles. The maximum atomic E-state index is 11.9. The third-order valence-electron chi connectivity index (χ3n) is 4.78. The molecule has 10 heteroatoms. The zero-order valence-corrected chi connectivity index (χ0v) is 17.2. The fourth-order valence-electron chi connectivity index (χ4n) is 3.19. The SMILES string of the molecule is CCn1cc(-c2ccc3nnc(Sc4ccc5nc(NC)cn5n4)n3c2)ccc1=O. The number of aromatic nitrogens is 7. The van der Waals surface area contributed by atoms with Crippen LogP contribution < -0.4 is 10.9 Å². The minimum Gasteiger partial charge on any atom is -0.372 e. The van der Waals surface area contributed by atoms with Gasteiger partial charge in [0.25, 0.3) is 5.56 Å². The van der Waals surface area contributed by atoms with Crippen molar-refractivity contribution in [1.29, 1.82) is 0 Å². The van der Waals surface area contributed by atoms with Gasteiger partial charge in [-0.25, -0.2) is 9.50 Å². The molecule has 5 rings (SSSR count). The fraction of sp³-hybridized carbons (Fsp3) is 0.150. The number of nitrogens with zero attached hydrogens (tertiary/aromatic N) is 7. The Labute approximate surface area is 175 Å². The smallest absolute Gasteiger partial charge is 0.250 e. The summed E-state index contributed by atoms with van der Waals surface area (Å²) in [6, 6.07) is 11.1. The standard InChI is InChI=1S/C20H18N8OS/c1-3-26-10-13(5-9-19(26)29)14-4-6-17-23-24-20(27(17)11-14)30-18-8-7-16-22-15(21-2)12-28(16)25-18/h4-12,21H,3H2,1-2H3. The molecule has 0 aromatic carbocycles. The van der Waals surface area contributed by atoms with Crippen LogP contribution in [-0.4, -0.2) is 40.8 Å². The fourth-order valence-corrected chi connectivity index (χ4v) is 3.97. The molecule has 0 atom stereocenters. The minimum atomic E-state index is -0.00901. The topological polar surface area (TPSA) is 94.4 Å². The summed E-state index contributed by atoms with van der Waals surface area (Å²) in [5.74, 6) is 0.760. The van der Waals surface area contributed by atoms with Crippen molar-refractivity contribution in [3.05, 3.63) is 65.3 Å². The number of fused-ring (bicyclic) bond motifs is 2. The van der Waals surface area contributed by atoms with Gasteiger partial charge in [-0.15, -0.1) is 10.2 Å². The third-order valence-corrected chi connectivity index (χ3v) is 5.66. The van der Waals surface area contributed by atoms with E-state index in [1.807, 2.05) is 67.3 Å². The van der Waals surface area contributed by atoms with E-state index in [0.717, 1.165) is 33.3 Å². The van der Waals surface area contributed by atoms with Crippen molar-refractivity contribution < 1.29 is 0 Å². The van der Waals surface area contributed by atoms with E-state index >= 15 is 0 Å². The van der Waals surface area contributed by atoms with Gasteiger partial charge in [0.05, 0.1) is 6.20 Å². The Morgan fingerprint density at radius 3 is 2.60 bits per heavy atom. The zero-order valence-electron chi connectivity index (χ0n) is 16.4. The Kier molecular flexibility index (Phi) is 4.47. The van der Waals surface area contributed by atoms with E-state index in [2.05, 4.69) is 25.6 Å². The van der Waals surface area contributed by atoms with Crippen LogP contribution in [0.1, 0.15) is 6.92 Å². The molecule has 5 heterocycles. The first-order valence-electron chi connectivity index (χ1n) is 9.42. The van der Waals surface area contributed by atoms with Crippen molar-refractivity contribution >= 4 is 28.9 Å². The zero-order chi connectivity index (χ0) is 20.7. The molecule has 5 aromatic rings. The number of anilines is 1. The minimum absolute atomic E-state index is 0.00901. The van der Waals surface area contributed by atoms with Gasteiger partial charge in [-0.3, -0.25) is 9.20 Å². The van der Waals surface area contributed by atoms with Gasteiger partial charge in [0.15, 0.2) is 11.3 Å². The highest BCUT2D eigenvalue weighted by Gasteiger charge is 2.11. The molecule has 0 unspecified atom stereocenters. The highest BCUT2D eigenvalue weighted by molar-refractivity contribution is 7.99. The largest absolute Gasteiger partial charge is 0.372 e. The van der Waals surface area contributed by atoms with Crippen LogP contribution in [0.5, 0.6) is 0 Å². The molecule has 0 aliphatic carbocycles. The van der Waals surface area contributed by atoms with Gasteiger partial charge >= 0.3 is 0 Å². The first-order chi connectivity index (χ1) is 14.6. The molecule has 0 amide bonds. The normalized spacial score (nSPS) is 11.4. The molecule has 0 fully saturated rings. The molecular formula is C20H18N8OS. The monoisotopic (exact) mass is 418 g/mol. The van der Waals surface area contributed by atoms with Crippen LogP contribution in [0.25, 0.3) is 22.4 Å². The van der Waals surface area contributed by atoms with Gasteiger partial charge in [0.2, 0.25) is 5.16 Å². The average molecular weight is 418 g/mol. The Hall–Kier alpha value is -3.66. The molecule has 0 saturated heterocycles. The highest BCUT2D eigenvalue weighted by atomic mass is 32.2. The first-order valence-corrected chi connectivity index (χ1v) is 10.2. The summed E-state index contributed by atoms with van der Waals surface area (Å²) in [6.45, 7) is 2.58. The quantitative estimate of drug-likeness (QED) is 0.469. The second-order valence-corrected chi connectivity index (χ2v) is 7.61. The van der Waals surface area contributed by atoms with Gasteiger partial charge < -0.3 is 9.88 Å². The number of pyridine rings is 2. The van der Waals surface area contributed by atoms with E-state index < -0.39 is 0 Å². The number of rotatable bonds is 5. The molecular weight excluding hydrogens is 400 g/mol. The highest BCUT2D eigenvalue weighted by Crippen LogP contribution is 2.27. The van der Waals surface area contributed by atoms with Gasteiger partial charge in [-0.05, 0) is 54.6 Å². The second-order valence-electron chi connectivity index (χ2n) is 6.62. The lowest BCUT2D eigenvalue weighted by Gasteiger charge is -2.07. The molecule has 0 aliphatic rings. The molecule has 0 radical (unpaired) electrons. The van der Waals surface area contributed by atoms with Gasteiger partial charge in [-0.1, -0.05) is 0 Å². The lowest BCUT2D eigenvalue weighted by molar-refractivity contribution is 0.728. The van der Waals surface area contributed by atoms with E-state index in [9.17, 15) is 4.79 Å². The molecule has 150 valence electrons. The third kappa shape index (κ3) is 3.20. The molecule has 30 heavy (non-hydrogen) atoms. The van der Waals surface area contributed by atoms with Gasteiger partial charge in [-0.2, -0.15) is 5.10 Å². The lowest BCUT2D eigenvalue weighted by Crippen LogP contribution is -2.16. The maximum absolute atomic E-state index is 11.9. The molecule has 1 N–H and O–H groups in total.